The Balaban J connectivity index is 2.78. The fourth-order valence-corrected chi connectivity index (χ4v) is 2.94. The van der Waals surface area contributed by atoms with Crippen molar-refractivity contribution in [3.8, 4) is 11.1 Å². The van der Waals surface area contributed by atoms with E-state index in [4.69, 9.17) is 14.2 Å². The lowest BCUT2D eigenvalue weighted by Gasteiger charge is -2.18. The number of esters is 3. The number of hydrogen-bond acceptors (Lipinski definition) is 7. The molecule has 1 aromatic carbocycles. The van der Waals surface area contributed by atoms with E-state index in [-0.39, 0.29) is 24.3 Å². The van der Waals surface area contributed by atoms with Gasteiger partial charge in [-0.2, -0.15) is 0 Å². The third kappa shape index (κ3) is 4.19. The number of benzene rings is 1. The van der Waals surface area contributed by atoms with Gasteiger partial charge in [0.25, 0.3) is 0 Å². The molecule has 0 fully saturated rings. The summed E-state index contributed by atoms with van der Waals surface area (Å²) in [4.78, 5) is 41.3. The molecule has 0 aliphatic carbocycles. The summed E-state index contributed by atoms with van der Waals surface area (Å²) in [5, 5.41) is 0. The number of pyridine rings is 1. The molecule has 1 heterocycles. The van der Waals surface area contributed by atoms with E-state index in [1.807, 2.05) is 0 Å². The third-order valence-electron chi connectivity index (χ3n) is 4.11. The molecule has 1 aromatic heterocycles. The average molecular weight is 385 g/mol. The van der Waals surface area contributed by atoms with Crippen LogP contribution in [0.25, 0.3) is 11.1 Å². The number of rotatable bonds is 6. The van der Waals surface area contributed by atoms with Gasteiger partial charge in [0, 0.05) is 5.56 Å². The van der Waals surface area contributed by atoms with Gasteiger partial charge in [-0.25, -0.2) is 14.4 Å². The van der Waals surface area contributed by atoms with Crippen molar-refractivity contribution in [1.82, 2.24) is 4.98 Å². The maximum Gasteiger partial charge on any atom is 0.340 e. The predicted octanol–water partition coefficient (Wildman–Crippen LogP) is 3.51. The predicted molar refractivity (Wildman–Crippen MR) is 102 cm³/mol. The maximum atomic E-state index is 12.6. The Labute approximate surface area is 163 Å². The van der Waals surface area contributed by atoms with Gasteiger partial charge in [0.15, 0.2) is 0 Å². The zero-order valence-electron chi connectivity index (χ0n) is 16.6. The highest BCUT2D eigenvalue weighted by molar-refractivity contribution is 6.07. The van der Waals surface area contributed by atoms with Crippen LogP contribution in [0.15, 0.2) is 24.3 Å². The monoisotopic (exact) mass is 385 g/mol. The molecule has 0 aliphatic rings. The lowest BCUT2D eigenvalue weighted by molar-refractivity contribution is 0.0522. The van der Waals surface area contributed by atoms with Crippen LogP contribution in [0.3, 0.4) is 0 Å². The highest BCUT2D eigenvalue weighted by Crippen LogP contribution is 2.32. The molecule has 0 bridgehead atoms. The first-order chi connectivity index (χ1) is 13.3. The van der Waals surface area contributed by atoms with E-state index in [2.05, 4.69) is 4.98 Å². The summed E-state index contributed by atoms with van der Waals surface area (Å²) in [6, 6.07) is 6.42. The molecule has 0 saturated carbocycles. The zero-order valence-corrected chi connectivity index (χ0v) is 16.6. The Hall–Kier alpha value is -3.22. The van der Waals surface area contributed by atoms with Crippen molar-refractivity contribution in [2.75, 3.05) is 20.3 Å². The average Bonchev–Trinajstić information content (AvgIpc) is 2.67. The van der Waals surface area contributed by atoms with Gasteiger partial charge in [0.1, 0.15) is 0 Å². The first kappa shape index (κ1) is 21.1. The van der Waals surface area contributed by atoms with Crippen molar-refractivity contribution < 1.29 is 28.6 Å². The molecular formula is C21H23NO6. The van der Waals surface area contributed by atoms with Gasteiger partial charge in [-0.15, -0.1) is 0 Å². The molecule has 7 nitrogen and oxygen atoms in total. The number of carbonyl (C=O) groups is 3. The summed E-state index contributed by atoms with van der Waals surface area (Å²) < 4.78 is 15.1. The molecule has 0 aliphatic heterocycles. The number of nitrogens with zero attached hydrogens (tertiary/aromatic N) is 1. The minimum absolute atomic E-state index is 0.182. The number of carbonyl (C=O) groups excluding carboxylic acids is 3. The lowest BCUT2D eigenvalue weighted by atomic mass is 9.92. The van der Waals surface area contributed by atoms with Gasteiger partial charge < -0.3 is 14.2 Å². The molecule has 0 saturated heterocycles. The van der Waals surface area contributed by atoms with E-state index in [1.165, 1.54) is 7.11 Å². The van der Waals surface area contributed by atoms with Gasteiger partial charge in [0.05, 0.1) is 48.4 Å². The molecule has 7 heteroatoms. The highest BCUT2D eigenvalue weighted by Gasteiger charge is 2.27. The van der Waals surface area contributed by atoms with E-state index < -0.39 is 17.9 Å². The largest absolute Gasteiger partial charge is 0.465 e. The number of methoxy groups -OCH3 is 1. The van der Waals surface area contributed by atoms with Crippen LogP contribution in [-0.2, 0) is 14.2 Å². The normalized spacial score (nSPS) is 10.3. The van der Waals surface area contributed by atoms with Crippen molar-refractivity contribution in [3.63, 3.8) is 0 Å². The third-order valence-corrected chi connectivity index (χ3v) is 4.11. The van der Waals surface area contributed by atoms with Crippen LogP contribution < -0.4 is 0 Å². The topological polar surface area (TPSA) is 91.8 Å². The van der Waals surface area contributed by atoms with Gasteiger partial charge in [-0.1, -0.05) is 12.1 Å². The van der Waals surface area contributed by atoms with Crippen LogP contribution in [0, 0.1) is 13.8 Å². The lowest BCUT2D eigenvalue weighted by Crippen LogP contribution is -2.17. The number of hydrogen-bond donors (Lipinski definition) is 0. The zero-order chi connectivity index (χ0) is 20.8. The first-order valence-corrected chi connectivity index (χ1v) is 8.89. The highest BCUT2D eigenvalue weighted by atomic mass is 16.5. The van der Waals surface area contributed by atoms with E-state index >= 15 is 0 Å². The molecule has 0 spiro atoms. The summed E-state index contributed by atoms with van der Waals surface area (Å²) >= 11 is 0. The molecular weight excluding hydrogens is 362 g/mol. The second-order valence-electron chi connectivity index (χ2n) is 5.92. The summed E-state index contributed by atoms with van der Waals surface area (Å²) in [5.41, 5.74) is 2.56. The minimum atomic E-state index is -0.579. The van der Waals surface area contributed by atoms with E-state index in [0.29, 0.717) is 28.1 Å². The van der Waals surface area contributed by atoms with Crippen LogP contribution in [0.5, 0.6) is 0 Å². The summed E-state index contributed by atoms with van der Waals surface area (Å²) in [6.45, 7) is 7.13. The molecule has 0 atom stereocenters. The maximum absolute atomic E-state index is 12.6. The number of aryl methyl sites for hydroxylation is 2. The second kappa shape index (κ2) is 9.12. The van der Waals surface area contributed by atoms with Crippen LogP contribution in [0.1, 0.15) is 56.3 Å². The molecule has 148 valence electrons. The van der Waals surface area contributed by atoms with Crippen LogP contribution >= 0.6 is 0 Å². The van der Waals surface area contributed by atoms with Crippen molar-refractivity contribution >= 4 is 17.9 Å². The Kier molecular flexibility index (Phi) is 6.87. The van der Waals surface area contributed by atoms with Gasteiger partial charge >= 0.3 is 17.9 Å². The van der Waals surface area contributed by atoms with Gasteiger partial charge in [-0.3, -0.25) is 4.98 Å². The smallest absolute Gasteiger partial charge is 0.340 e. The summed E-state index contributed by atoms with van der Waals surface area (Å²) in [6.07, 6.45) is 0. The Bertz CT molecular complexity index is 860. The van der Waals surface area contributed by atoms with Crippen LogP contribution in [-0.4, -0.2) is 43.2 Å². The SMILES string of the molecule is CCOC(=O)c1c(C)nc(C)c(C(=O)OCC)c1-c1ccc(C(=O)OC)cc1. The Morgan fingerprint density at radius 2 is 1.29 bits per heavy atom. The number of ether oxygens (including phenoxy) is 3. The van der Waals surface area contributed by atoms with Crippen molar-refractivity contribution in [2.45, 2.75) is 27.7 Å². The van der Waals surface area contributed by atoms with E-state index in [1.54, 1.807) is 52.0 Å². The fraction of sp³-hybridized carbons (Fsp3) is 0.333. The second-order valence-corrected chi connectivity index (χ2v) is 5.92. The molecule has 0 N–H and O–H groups in total. The number of aromatic nitrogens is 1. The van der Waals surface area contributed by atoms with Crippen molar-refractivity contribution in [1.29, 1.82) is 0 Å². The van der Waals surface area contributed by atoms with Crippen molar-refractivity contribution in [3.05, 3.63) is 52.3 Å². The van der Waals surface area contributed by atoms with E-state index in [0.717, 1.165) is 0 Å². The quantitative estimate of drug-likeness (QED) is 0.555. The minimum Gasteiger partial charge on any atom is -0.465 e. The van der Waals surface area contributed by atoms with Crippen molar-refractivity contribution in [2.24, 2.45) is 0 Å². The summed E-state index contributed by atoms with van der Waals surface area (Å²) in [7, 11) is 1.30. The molecule has 0 unspecified atom stereocenters. The summed E-state index contributed by atoms with van der Waals surface area (Å²) in [5.74, 6) is -1.64. The molecule has 2 rings (SSSR count). The standard InChI is InChI=1S/C21H23NO6/c1-6-27-20(24)16-12(3)22-13(4)17(21(25)28-7-2)18(16)14-8-10-15(11-9-14)19(23)26-5/h8-11H,6-7H2,1-5H3. The fourth-order valence-electron chi connectivity index (χ4n) is 2.94. The Morgan fingerprint density at radius 3 is 1.68 bits per heavy atom. The Morgan fingerprint density at radius 1 is 0.821 bits per heavy atom. The van der Waals surface area contributed by atoms with Crippen LogP contribution in [0.4, 0.5) is 0 Å². The first-order valence-electron chi connectivity index (χ1n) is 8.89. The molecule has 2 aromatic rings. The van der Waals surface area contributed by atoms with Crippen LogP contribution in [0.2, 0.25) is 0 Å². The van der Waals surface area contributed by atoms with Gasteiger partial charge in [-0.05, 0) is 45.4 Å². The molecule has 28 heavy (non-hydrogen) atoms. The van der Waals surface area contributed by atoms with E-state index in [9.17, 15) is 14.4 Å². The molecule has 0 amide bonds. The molecule has 0 radical (unpaired) electrons. The van der Waals surface area contributed by atoms with Gasteiger partial charge in [0.2, 0.25) is 0 Å².